The maximum absolute atomic E-state index is 5.59. The van der Waals surface area contributed by atoms with Crippen molar-refractivity contribution in [2.45, 2.75) is 4.90 Å². The molecule has 0 spiro atoms. The first-order valence-corrected chi connectivity index (χ1v) is 2.91. The predicted molar refractivity (Wildman–Crippen MR) is 36.5 cm³/mol. The quantitative estimate of drug-likeness (QED) is 0.552. The van der Waals surface area contributed by atoms with Crippen LogP contribution in [-0.2, 0) is 0 Å². The second-order valence-electron chi connectivity index (χ2n) is 1.33. The fraction of sp³-hybridized carbons (Fsp3) is 0. The molecule has 0 fully saturated rings. The molecule has 3 heteroatoms. The van der Waals surface area contributed by atoms with Crippen molar-refractivity contribution >= 4 is 24.2 Å². The number of aromatic nitrogens is 1. The van der Waals surface area contributed by atoms with Crippen LogP contribution in [0.5, 0.6) is 0 Å². The molecule has 0 unspecified atom stereocenters. The number of pyridine rings is 1. The molecular formula is C5H4ClNS. The topological polar surface area (TPSA) is 12.9 Å². The molecule has 1 nitrogen and oxygen atoms in total. The molecule has 0 atom stereocenters. The fourth-order valence-corrected chi connectivity index (χ4v) is 0.615. The Hall–Kier alpha value is -0.210. The summed E-state index contributed by atoms with van der Waals surface area (Å²) in [6.45, 7) is 0. The van der Waals surface area contributed by atoms with Crippen molar-refractivity contribution in [3.05, 3.63) is 23.5 Å². The van der Waals surface area contributed by atoms with Gasteiger partial charge in [-0.2, -0.15) is 0 Å². The van der Waals surface area contributed by atoms with Crippen LogP contribution in [0.2, 0.25) is 5.02 Å². The summed E-state index contributed by atoms with van der Waals surface area (Å²) in [6.07, 6.45) is 3.23. The molecule has 1 aromatic heterocycles. The SMILES string of the molecule is Sc1cnccc1Cl. The van der Waals surface area contributed by atoms with Crippen LogP contribution in [0.15, 0.2) is 23.4 Å². The summed E-state index contributed by atoms with van der Waals surface area (Å²) < 4.78 is 0. The molecule has 0 aliphatic heterocycles. The van der Waals surface area contributed by atoms with E-state index in [-0.39, 0.29) is 0 Å². The highest BCUT2D eigenvalue weighted by Gasteiger charge is 1.88. The minimum Gasteiger partial charge on any atom is -0.263 e. The summed E-state index contributed by atoms with van der Waals surface area (Å²) >= 11 is 9.60. The van der Waals surface area contributed by atoms with Crippen LogP contribution in [0.25, 0.3) is 0 Å². The Balaban J connectivity index is 3.13. The molecule has 1 rings (SSSR count). The number of thiol groups is 1. The van der Waals surface area contributed by atoms with Gasteiger partial charge in [-0.15, -0.1) is 12.6 Å². The van der Waals surface area contributed by atoms with Crippen molar-refractivity contribution in [1.82, 2.24) is 4.98 Å². The van der Waals surface area contributed by atoms with E-state index < -0.39 is 0 Å². The van der Waals surface area contributed by atoms with Crippen LogP contribution in [-0.4, -0.2) is 4.98 Å². The van der Waals surface area contributed by atoms with E-state index in [1.807, 2.05) is 0 Å². The zero-order valence-corrected chi connectivity index (χ0v) is 5.65. The monoisotopic (exact) mass is 145 g/mol. The van der Waals surface area contributed by atoms with Crippen LogP contribution in [0, 0.1) is 0 Å². The standard InChI is InChI=1S/C5H4ClNS/c6-4-1-2-7-3-5(4)8/h1-3,8H. The van der Waals surface area contributed by atoms with Gasteiger partial charge in [-0.1, -0.05) is 11.6 Å². The van der Waals surface area contributed by atoms with Gasteiger partial charge in [-0.3, -0.25) is 4.98 Å². The minimum atomic E-state index is 0.642. The van der Waals surface area contributed by atoms with Crippen LogP contribution in [0.3, 0.4) is 0 Å². The molecule has 1 aromatic rings. The van der Waals surface area contributed by atoms with Gasteiger partial charge in [0, 0.05) is 17.3 Å². The second kappa shape index (κ2) is 2.37. The van der Waals surface area contributed by atoms with Crippen molar-refractivity contribution in [2.24, 2.45) is 0 Å². The predicted octanol–water partition coefficient (Wildman–Crippen LogP) is 2.02. The van der Waals surface area contributed by atoms with Crippen LogP contribution in [0.4, 0.5) is 0 Å². The molecule has 0 saturated carbocycles. The average Bonchev–Trinajstić information content (AvgIpc) is 1.77. The maximum atomic E-state index is 5.59. The smallest absolute Gasteiger partial charge is 0.0570 e. The lowest BCUT2D eigenvalue weighted by atomic mass is 10.5. The number of nitrogens with zero attached hydrogens (tertiary/aromatic N) is 1. The van der Waals surface area contributed by atoms with E-state index in [1.165, 1.54) is 0 Å². The number of hydrogen-bond donors (Lipinski definition) is 1. The van der Waals surface area contributed by atoms with Crippen molar-refractivity contribution in [3.63, 3.8) is 0 Å². The molecule has 0 N–H and O–H groups in total. The van der Waals surface area contributed by atoms with Crippen LogP contribution >= 0.6 is 24.2 Å². The third kappa shape index (κ3) is 1.14. The second-order valence-corrected chi connectivity index (χ2v) is 2.22. The number of hydrogen-bond acceptors (Lipinski definition) is 2. The van der Waals surface area contributed by atoms with Gasteiger partial charge in [0.15, 0.2) is 0 Å². The zero-order chi connectivity index (χ0) is 5.98. The van der Waals surface area contributed by atoms with Crippen molar-refractivity contribution in [3.8, 4) is 0 Å². The lowest BCUT2D eigenvalue weighted by Gasteiger charge is -1.89. The van der Waals surface area contributed by atoms with Crippen LogP contribution < -0.4 is 0 Å². The zero-order valence-electron chi connectivity index (χ0n) is 4.00. The highest BCUT2D eigenvalue weighted by Crippen LogP contribution is 2.15. The van der Waals surface area contributed by atoms with Gasteiger partial charge >= 0.3 is 0 Å². The molecule has 42 valence electrons. The molecule has 1 heterocycles. The number of halogens is 1. The molecule has 0 aromatic carbocycles. The highest BCUT2D eigenvalue weighted by atomic mass is 35.5. The van der Waals surface area contributed by atoms with Gasteiger partial charge in [-0.25, -0.2) is 0 Å². The van der Waals surface area contributed by atoms with E-state index in [4.69, 9.17) is 11.6 Å². The van der Waals surface area contributed by atoms with Gasteiger partial charge in [0.05, 0.1) is 5.02 Å². The van der Waals surface area contributed by atoms with E-state index in [2.05, 4.69) is 17.6 Å². The minimum absolute atomic E-state index is 0.642. The highest BCUT2D eigenvalue weighted by molar-refractivity contribution is 7.80. The molecule has 0 saturated heterocycles. The van der Waals surface area contributed by atoms with E-state index in [9.17, 15) is 0 Å². The van der Waals surface area contributed by atoms with Gasteiger partial charge in [0.2, 0.25) is 0 Å². The molecule has 0 bridgehead atoms. The van der Waals surface area contributed by atoms with Crippen molar-refractivity contribution in [2.75, 3.05) is 0 Å². The molecule has 0 aliphatic rings. The van der Waals surface area contributed by atoms with E-state index in [0.717, 1.165) is 0 Å². The summed E-state index contributed by atoms with van der Waals surface area (Å²) in [7, 11) is 0. The van der Waals surface area contributed by atoms with Crippen LogP contribution in [0.1, 0.15) is 0 Å². The lowest BCUT2D eigenvalue weighted by molar-refractivity contribution is 1.24. The molecule has 0 radical (unpaired) electrons. The average molecular weight is 146 g/mol. The van der Waals surface area contributed by atoms with Crippen molar-refractivity contribution < 1.29 is 0 Å². The van der Waals surface area contributed by atoms with Gasteiger partial charge in [0.1, 0.15) is 0 Å². The summed E-state index contributed by atoms with van der Waals surface area (Å²) in [4.78, 5) is 4.50. The maximum Gasteiger partial charge on any atom is 0.0570 e. The first kappa shape index (κ1) is 5.92. The third-order valence-electron chi connectivity index (χ3n) is 0.748. The summed E-state index contributed by atoms with van der Waals surface area (Å²) in [5.74, 6) is 0. The molecular weight excluding hydrogens is 142 g/mol. The fourth-order valence-electron chi connectivity index (χ4n) is 0.369. The molecule has 8 heavy (non-hydrogen) atoms. The Morgan fingerprint density at radius 1 is 1.62 bits per heavy atom. The molecule has 0 amide bonds. The van der Waals surface area contributed by atoms with Gasteiger partial charge < -0.3 is 0 Å². The third-order valence-corrected chi connectivity index (χ3v) is 1.57. The first-order chi connectivity index (χ1) is 3.80. The summed E-state index contributed by atoms with van der Waals surface area (Å²) in [6, 6.07) is 1.70. The first-order valence-electron chi connectivity index (χ1n) is 2.09. The Kier molecular flexibility index (Phi) is 1.76. The summed E-state index contributed by atoms with van der Waals surface area (Å²) in [5.41, 5.74) is 0. The van der Waals surface area contributed by atoms with E-state index in [0.29, 0.717) is 9.92 Å². The summed E-state index contributed by atoms with van der Waals surface area (Å²) in [5, 5.41) is 0.642. The Morgan fingerprint density at radius 2 is 2.38 bits per heavy atom. The molecule has 0 aliphatic carbocycles. The largest absolute Gasteiger partial charge is 0.263 e. The number of rotatable bonds is 0. The normalized spacial score (nSPS) is 9.25. The Morgan fingerprint density at radius 3 is 2.75 bits per heavy atom. The van der Waals surface area contributed by atoms with Gasteiger partial charge in [0.25, 0.3) is 0 Å². The van der Waals surface area contributed by atoms with E-state index >= 15 is 0 Å². The Labute approximate surface area is 58.1 Å². The van der Waals surface area contributed by atoms with Crippen molar-refractivity contribution in [1.29, 1.82) is 0 Å². The van der Waals surface area contributed by atoms with Gasteiger partial charge in [-0.05, 0) is 6.07 Å². The Bertz CT molecular complexity index is 169. The lowest BCUT2D eigenvalue weighted by Crippen LogP contribution is -1.70. The van der Waals surface area contributed by atoms with E-state index in [1.54, 1.807) is 18.5 Å².